The van der Waals surface area contributed by atoms with E-state index in [0.717, 1.165) is 18.5 Å². The number of benzene rings is 1. The molecule has 0 radical (unpaired) electrons. The topological polar surface area (TPSA) is 50.9 Å². The lowest BCUT2D eigenvalue weighted by atomic mass is 9.74. The van der Waals surface area contributed by atoms with Crippen LogP contribution >= 0.6 is 0 Å². The first kappa shape index (κ1) is 12.3. The van der Waals surface area contributed by atoms with Gasteiger partial charge in [-0.1, -0.05) is 30.3 Å². The Bertz CT molecular complexity index is 580. The summed E-state index contributed by atoms with van der Waals surface area (Å²) < 4.78 is 0. The van der Waals surface area contributed by atoms with E-state index >= 15 is 0 Å². The fourth-order valence-corrected chi connectivity index (χ4v) is 3.01. The third kappa shape index (κ3) is 2.27. The molecule has 1 aliphatic carbocycles. The fraction of sp³-hybridized carbons (Fsp3) is 0.312. The lowest BCUT2D eigenvalue weighted by Crippen LogP contribution is -2.32. The number of nitrogens with zero attached hydrogens (tertiary/aromatic N) is 1. The molecule has 2 unspecified atom stereocenters. The minimum atomic E-state index is 0.173. The van der Waals surface area contributed by atoms with Crippen LogP contribution in [-0.4, -0.2) is 4.98 Å². The number of aromatic nitrogens is 1. The van der Waals surface area contributed by atoms with Crippen molar-refractivity contribution in [3.63, 3.8) is 0 Å². The van der Waals surface area contributed by atoms with E-state index in [4.69, 9.17) is 5.84 Å². The van der Waals surface area contributed by atoms with Crippen LogP contribution in [0.15, 0.2) is 42.6 Å². The molecule has 0 aliphatic heterocycles. The molecule has 0 fully saturated rings. The summed E-state index contributed by atoms with van der Waals surface area (Å²) in [6.07, 6.45) is 4.01. The van der Waals surface area contributed by atoms with E-state index < -0.39 is 0 Å². The smallest absolute Gasteiger partial charge is 0.0483 e. The summed E-state index contributed by atoms with van der Waals surface area (Å²) in [6, 6.07) is 12.9. The molecule has 1 aliphatic rings. The summed E-state index contributed by atoms with van der Waals surface area (Å²) in [4.78, 5) is 4.35. The molecular weight excluding hydrogens is 234 g/mol. The van der Waals surface area contributed by atoms with Gasteiger partial charge in [-0.2, -0.15) is 0 Å². The van der Waals surface area contributed by atoms with Crippen molar-refractivity contribution in [2.24, 2.45) is 5.84 Å². The predicted octanol–water partition coefficient (Wildman–Crippen LogP) is 2.62. The Labute approximate surface area is 113 Å². The third-order valence-corrected chi connectivity index (χ3v) is 4.11. The molecule has 1 aromatic carbocycles. The van der Waals surface area contributed by atoms with Gasteiger partial charge in [-0.05, 0) is 48.4 Å². The highest BCUT2D eigenvalue weighted by atomic mass is 15.2. The van der Waals surface area contributed by atoms with Gasteiger partial charge in [-0.25, -0.2) is 0 Å². The Morgan fingerprint density at radius 3 is 2.89 bits per heavy atom. The second kappa shape index (κ2) is 5.11. The van der Waals surface area contributed by atoms with Crippen molar-refractivity contribution in [2.75, 3.05) is 0 Å². The van der Waals surface area contributed by atoms with E-state index in [1.54, 1.807) is 0 Å². The molecule has 2 aromatic rings. The number of nitrogens with two attached hydrogens (primary N) is 1. The lowest BCUT2D eigenvalue weighted by Gasteiger charge is -2.33. The molecule has 0 bridgehead atoms. The SMILES string of the molecule is Cc1ncccc1C(CC1Cc2ccccc21)NN. The monoisotopic (exact) mass is 253 g/mol. The van der Waals surface area contributed by atoms with Gasteiger partial charge in [0.2, 0.25) is 0 Å². The van der Waals surface area contributed by atoms with E-state index in [0.29, 0.717) is 5.92 Å². The molecule has 0 saturated carbocycles. The number of hydrazine groups is 1. The molecule has 1 aromatic heterocycles. The van der Waals surface area contributed by atoms with Gasteiger partial charge in [0.15, 0.2) is 0 Å². The Morgan fingerprint density at radius 1 is 1.32 bits per heavy atom. The molecule has 3 nitrogen and oxygen atoms in total. The highest BCUT2D eigenvalue weighted by Gasteiger charge is 2.28. The normalized spacial score (nSPS) is 18.5. The van der Waals surface area contributed by atoms with E-state index in [-0.39, 0.29) is 6.04 Å². The van der Waals surface area contributed by atoms with Crippen LogP contribution in [-0.2, 0) is 6.42 Å². The largest absolute Gasteiger partial charge is 0.271 e. The van der Waals surface area contributed by atoms with Crippen LogP contribution < -0.4 is 11.3 Å². The zero-order valence-corrected chi connectivity index (χ0v) is 11.1. The molecule has 19 heavy (non-hydrogen) atoms. The Hall–Kier alpha value is -1.71. The van der Waals surface area contributed by atoms with Crippen LogP contribution in [0.2, 0.25) is 0 Å². The van der Waals surface area contributed by atoms with Crippen LogP contribution in [0.1, 0.15) is 40.8 Å². The maximum absolute atomic E-state index is 5.74. The number of pyridine rings is 1. The van der Waals surface area contributed by atoms with E-state index in [1.165, 1.54) is 16.7 Å². The second-order valence-corrected chi connectivity index (χ2v) is 5.23. The molecule has 3 N–H and O–H groups in total. The van der Waals surface area contributed by atoms with Crippen LogP contribution in [0.5, 0.6) is 0 Å². The Morgan fingerprint density at radius 2 is 2.16 bits per heavy atom. The molecule has 98 valence electrons. The van der Waals surface area contributed by atoms with Gasteiger partial charge in [0.1, 0.15) is 0 Å². The minimum Gasteiger partial charge on any atom is -0.271 e. The number of rotatable bonds is 4. The standard InChI is InChI=1S/C16H19N3/c1-11-14(7-4-8-18-11)16(19-17)10-13-9-12-5-2-3-6-15(12)13/h2-8,13,16,19H,9-10,17H2,1H3. The molecule has 0 amide bonds. The fourth-order valence-electron chi connectivity index (χ4n) is 3.01. The maximum Gasteiger partial charge on any atom is 0.0483 e. The number of nitrogens with one attached hydrogen (secondary N) is 1. The maximum atomic E-state index is 5.74. The van der Waals surface area contributed by atoms with Crippen molar-refractivity contribution >= 4 is 0 Å². The van der Waals surface area contributed by atoms with Gasteiger partial charge in [0.25, 0.3) is 0 Å². The molecule has 3 heteroatoms. The number of fused-ring (bicyclic) bond motifs is 1. The zero-order valence-electron chi connectivity index (χ0n) is 11.1. The van der Waals surface area contributed by atoms with Gasteiger partial charge in [0, 0.05) is 17.9 Å². The van der Waals surface area contributed by atoms with Crippen molar-refractivity contribution < 1.29 is 0 Å². The summed E-state index contributed by atoms with van der Waals surface area (Å²) in [5.74, 6) is 6.35. The van der Waals surface area contributed by atoms with Gasteiger partial charge < -0.3 is 0 Å². The third-order valence-electron chi connectivity index (χ3n) is 4.11. The van der Waals surface area contributed by atoms with E-state index in [1.807, 2.05) is 19.2 Å². The molecular formula is C16H19N3. The lowest BCUT2D eigenvalue weighted by molar-refractivity contribution is 0.433. The van der Waals surface area contributed by atoms with Gasteiger partial charge >= 0.3 is 0 Å². The highest BCUT2D eigenvalue weighted by molar-refractivity contribution is 5.40. The summed E-state index contributed by atoms with van der Waals surface area (Å²) in [5.41, 5.74) is 8.16. The van der Waals surface area contributed by atoms with Gasteiger partial charge in [-0.15, -0.1) is 0 Å². The summed E-state index contributed by atoms with van der Waals surface area (Å²) in [6.45, 7) is 2.04. The average Bonchev–Trinajstić information content (AvgIpc) is 2.42. The number of hydrogen-bond acceptors (Lipinski definition) is 3. The highest BCUT2D eigenvalue weighted by Crippen LogP contribution is 2.40. The van der Waals surface area contributed by atoms with Crippen molar-refractivity contribution in [3.8, 4) is 0 Å². The van der Waals surface area contributed by atoms with Crippen molar-refractivity contribution in [3.05, 3.63) is 65.0 Å². The average molecular weight is 253 g/mol. The van der Waals surface area contributed by atoms with E-state index in [9.17, 15) is 0 Å². The van der Waals surface area contributed by atoms with Crippen LogP contribution in [0.4, 0.5) is 0 Å². The summed E-state index contributed by atoms with van der Waals surface area (Å²) in [5, 5.41) is 0. The first-order valence-corrected chi connectivity index (χ1v) is 6.75. The predicted molar refractivity (Wildman–Crippen MR) is 76.5 cm³/mol. The molecule has 0 spiro atoms. The number of hydrogen-bond donors (Lipinski definition) is 2. The molecule has 0 saturated heterocycles. The Balaban J connectivity index is 1.78. The molecule has 2 atom stereocenters. The summed E-state index contributed by atoms with van der Waals surface area (Å²) >= 11 is 0. The van der Waals surface area contributed by atoms with Gasteiger partial charge in [0.05, 0.1) is 0 Å². The first-order chi connectivity index (χ1) is 9.29. The Kier molecular flexibility index (Phi) is 3.32. The van der Waals surface area contributed by atoms with Crippen LogP contribution in [0.3, 0.4) is 0 Å². The number of aryl methyl sites for hydroxylation is 1. The van der Waals surface area contributed by atoms with Crippen molar-refractivity contribution in [2.45, 2.75) is 31.7 Å². The van der Waals surface area contributed by atoms with Crippen LogP contribution in [0.25, 0.3) is 0 Å². The molecule has 3 rings (SSSR count). The van der Waals surface area contributed by atoms with Crippen molar-refractivity contribution in [1.82, 2.24) is 10.4 Å². The first-order valence-electron chi connectivity index (χ1n) is 6.75. The quantitative estimate of drug-likeness (QED) is 0.650. The minimum absolute atomic E-state index is 0.173. The zero-order chi connectivity index (χ0) is 13.2. The van der Waals surface area contributed by atoms with E-state index in [2.05, 4.69) is 40.7 Å². The second-order valence-electron chi connectivity index (χ2n) is 5.23. The van der Waals surface area contributed by atoms with Crippen molar-refractivity contribution in [1.29, 1.82) is 0 Å². The van der Waals surface area contributed by atoms with Gasteiger partial charge in [-0.3, -0.25) is 16.3 Å². The van der Waals surface area contributed by atoms with Crippen LogP contribution in [0, 0.1) is 6.92 Å². The summed E-state index contributed by atoms with van der Waals surface area (Å²) in [7, 11) is 0. The molecule has 1 heterocycles.